The standard InChI is InChI=1S/C21H22FN.ClH/c1-2-3-4-5-7-16-10-11-18-13-19(15-23-21(18)12-16)17-8-6-9-20(22)14-17;/h6,8-15H,2-5,7H2,1H3;1H. The van der Waals surface area contributed by atoms with Gasteiger partial charge in [0.1, 0.15) is 5.82 Å². The van der Waals surface area contributed by atoms with Crippen LogP contribution in [0.25, 0.3) is 22.0 Å². The van der Waals surface area contributed by atoms with E-state index in [-0.39, 0.29) is 18.2 Å². The molecule has 0 fully saturated rings. The Morgan fingerprint density at radius 3 is 2.58 bits per heavy atom. The summed E-state index contributed by atoms with van der Waals surface area (Å²) < 4.78 is 13.4. The number of nitrogens with zero attached hydrogens (tertiary/aromatic N) is 1. The van der Waals surface area contributed by atoms with Crippen molar-refractivity contribution in [1.82, 2.24) is 4.98 Å². The number of fused-ring (bicyclic) bond motifs is 1. The lowest BCUT2D eigenvalue weighted by atomic mass is 10.0. The third kappa shape index (κ3) is 4.55. The predicted octanol–water partition coefficient (Wildman–Crippen LogP) is 6.59. The zero-order chi connectivity index (χ0) is 16.1. The molecule has 1 nitrogen and oxygen atoms in total. The zero-order valence-corrected chi connectivity index (χ0v) is 14.8. The first-order valence-electron chi connectivity index (χ1n) is 8.41. The highest BCUT2D eigenvalue weighted by Gasteiger charge is 2.03. The highest BCUT2D eigenvalue weighted by atomic mass is 35.5. The quantitative estimate of drug-likeness (QED) is 0.460. The Morgan fingerprint density at radius 1 is 0.917 bits per heavy atom. The molecule has 0 saturated carbocycles. The first-order chi connectivity index (χ1) is 11.3. The van der Waals surface area contributed by atoms with E-state index >= 15 is 0 Å². The molecule has 0 atom stereocenters. The summed E-state index contributed by atoms with van der Waals surface area (Å²) in [7, 11) is 0. The van der Waals surface area contributed by atoms with Crippen LogP contribution in [0.4, 0.5) is 4.39 Å². The Morgan fingerprint density at radius 2 is 1.79 bits per heavy atom. The van der Waals surface area contributed by atoms with Crippen molar-refractivity contribution in [3.05, 3.63) is 66.1 Å². The van der Waals surface area contributed by atoms with Crippen molar-refractivity contribution in [2.24, 2.45) is 0 Å². The van der Waals surface area contributed by atoms with Gasteiger partial charge in [-0.2, -0.15) is 0 Å². The molecular weight excluding hydrogens is 321 g/mol. The normalized spacial score (nSPS) is 10.6. The summed E-state index contributed by atoms with van der Waals surface area (Å²) in [4.78, 5) is 4.57. The summed E-state index contributed by atoms with van der Waals surface area (Å²) in [5.74, 6) is -0.218. The van der Waals surface area contributed by atoms with E-state index < -0.39 is 0 Å². The van der Waals surface area contributed by atoms with Crippen molar-refractivity contribution in [2.45, 2.75) is 39.0 Å². The lowest BCUT2D eigenvalue weighted by Gasteiger charge is -2.06. The van der Waals surface area contributed by atoms with Gasteiger partial charge in [-0.1, -0.05) is 50.5 Å². The van der Waals surface area contributed by atoms with Crippen LogP contribution in [0.3, 0.4) is 0 Å². The maximum Gasteiger partial charge on any atom is 0.123 e. The smallest absolute Gasteiger partial charge is 0.123 e. The summed E-state index contributed by atoms with van der Waals surface area (Å²) in [6.45, 7) is 2.23. The van der Waals surface area contributed by atoms with Crippen molar-refractivity contribution >= 4 is 23.3 Å². The fraction of sp³-hybridized carbons (Fsp3) is 0.286. The lowest BCUT2D eigenvalue weighted by molar-refractivity contribution is 0.628. The number of unbranched alkanes of at least 4 members (excludes halogenated alkanes) is 3. The Bertz CT molecular complexity index is 801. The minimum atomic E-state index is -0.218. The van der Waals surface area contributed by atoms with E-state index in [1.807, 2.05) is 12.3 Å². The van der Waals surface area contributed by atoms with Gasteiger partial charge in [0.15, 0.2) is 0 Å². The second-order valence-electron chi connectivity index (χ2n) is 6.07. The topological polar surface area (TPSA) is 12.9 Å². The zero-order valence-electron chi connectivity index (χ0n) is 14.0. The minimum Gasteiger partial charge on any atom is -0.256 e. The van der Waals surface area contributed by atoms with Gasteiger partial charge in [0.25, 0.3) is 0 Å². The van der Waals surface area contributed by atoms with Gasteiger partial charge in [0.2, 0.25) is 0 Å². The van der Waals surface area contributed by atoms with Gasteiger partial charge >= 0.3 is 0 Å². The van der Waals surface area contributed by atoms with E-state index in [0.29, 0.717) is 0 Å². The summed E-state index contributed by atoms with van der Waals surface area (Å²) in [6.07, 6.45) is 8.05. The van der Waals surface area contributed by atoms with Gasteiger partial charge in [0, 0.05) is 17.1 Å². The molecule has 3 rings (SSSR count). The Kier molecular flexibility index (Phi) is 6.74. The molecule has 0 bridgehead atoms. The van der Waals surface area contributed by atoms with Gasteiger partial charge in [0.05, 0.1) is 5.52 Å². The monoisotopic (exact) mass is 343 g/mol. The third-order valence-electron chi connectivity index (χ3n) is 4.23. The van der Waals surface area contributed by atoms with Gasteiger partial charge < -0.3 is 0 Å². The SMILES string of the molecule is CCCCCCc1ccc2cc(-c3cccc(F)c3)cnc2c1.Cl. The third-order valence-corrected chi connectivity index (χ3v) is 4.23. The second kappa shape index (κ2) is 8.79. The first kappa shape index (κ1) is 18.4. The van der Waals surface area contributed by atoms with E-state index in [4.69, 9.17) is 0 Å². The van der Waals surface area contributed by atoms with Crippen LogP contribution in [-0.4, -0.2) is 4.98 Å². The molecule has 2 aromatic carbocycles. The number of rotatable bonds is 6. The lowest BCUT2D eigenvalue weighted by Crippen LogP contribution is -1.89. The van der Waals surface area contributed by atoms with Crippen molar-refractivity contribution in [3.8, 4) is 11.1 Å². The van der Waals surface area contributed by atoms with Crippen LogP contribution < -0.4 is 0 Å². The molecule has 0 aliphatic heterocycles. The van der Waals surface area contributed by atoms with Gasteiger partial charge in [-0.3, -0.25) is 4.98 Å². The van der Waals surface area contributed by atoms with E-state index in [1.54, 1.807) is 12.1 Å². The summed E-state index contributed by atoms with van der Waals surface area (Å²) in [5, 5.41) is 1.10. The van der Waals surface area contributed by atoms with Crippen LogP contribution >= 0.6 is 12.4 Å². The Hall–Kier alpha value is -1.93. The fourth-order valence-electron chi connectivity index (χ4n) is 2.90. The molecule has 3 aromatic rings. The molecule has 0 aliphatic rings. The van der Waals surface area contributed by atoms with Crippen LogP contribution in [0.1, 0.15) is 38.2 Å². The fourth-order valence-corrected chi connectivity index (χ4v) is 2.90. The van der Waals surface area contributed by atoms with Gasteiger partial charge in [-0.25, -0.2) is 4.39 Å². The Labute approximate surface area is 149 Å². The Balaban J connectivity index is 0.00000208. The highest BCUT2D eigenvalue weighted by Crippen LogP contribution is 2.24. The number of halogens is 2. The number of aromatic nitrogens is 1. The van der Waals surface area contributed by atoms with Crippen LogP contribution in [0.2, 0.25) is 0 Å². The van der Waals surface area contributed by atoms with Gasteiger partial charge in [-0.15, -0.1) is 12.4 Å². The van der Waals surface area contributed by atoms with Crippen LogP contribution in [0.5, 0.6) is 0 Å². The van der Waals surface area contributed by atoms with E-state index in [0.717, 1.165) is 28.5 Å². The number of hydrogen-bond donors (Lipinski definition) is 0. The minimum absolute atomic E-state index is 0. The molecule has 24 heavy (non-hydrogen) atoms. The van der Waals surface area contributed by atoms with Crippen LogP contribution in [0, 0.1) is 5.82 Å². The molecule has 0 unspecified atom stereocenters. The number of aryl methyl sites for hydroxylation is 1. The maximum absolute atomic E-state index is 13.4. The van der Waals surface area contributed by atoms with Crippen LogP contribution in [0.15, 0.2) is 54.7 Å². The molecule has 0 N–H and O–H groups in total. The van der Waals surface area contributed by atoms with Crippen LogP contribution in [-0.2, 0) is 6.42 Å². The number of pyridine rings is 1. The van der Waals surface area contributed by atoms with Gasteiger partial charge in [-0.05, 0) is 48.2 Å². The molecule has 126 valence electrons. The predicted molar refractivity (Wildman–Crippen MR) is 102 cm³/mol. The molecule has 0 amide bonds. The molecule has 3 heteroatoms. The van der Waals surface area contributed by atoms with Crippen molar-refractivity contribution in [2.75, 3.05) is 0 Å². The largest absolute Gasteiger partial charge is 0.256 e. The molecule has 1 heterocycles. The number of hydrogen-bond acceptors (Lipinski definition) is 1. The second-order valence-corrected chi connectivity index (χ2v) is 6.07. The van der Waals surface area contributed by atoms with Crippen molar-refractivity contribution in [3.63, 3.8) is 0 Å². The van der Waals surface area contributed by atoms with E-state index in [9.17, 15) is 4.39 Å². The van der Waals surface area contributed by atoms with Crippen molar-refractivity contribution in [1.29, 1.82) is 0 Å². The molecule has 0 saturated heterocycles. The molecule has 0 aliphatic carbocycles. The highest BCUT2D eigenvalue weighted by molar-refractivity contribution is 5.85. The molecular formula is C21H23ClFN. The summed E-state index contributed by atoms with van der Waals surface area (Å²) in [6, 6.07) is 15.2. The maximum atomic E-state index is 13.4. The summed E-state index contributed by atoms with van der Waals surface area (Å²) in [5.41, 5.74) is 4.17. The molecule has 0 spiro atoms. The van der Waals surface area contributed by atoms with E-state index in [2.05, 4.69) is 36.2 Å². The summed E-state index contributed by atoms with van der Waals surface area (Å²) >= 11 is 0. The number of benzene rings is 2. The average molecular weight is 344 g/mol. The van der Waals surface area contributed by atoms with E-state index in [1.165, 1.54) is 37.3 Å². The molecule has 1 aromatic heterocycles. The van der Waals surface area contributed by atoms with Crippen molar-refractivity contribution < 1.29 is 4.39 Å². The molecule has 0 radical (unpaired) electrons. The average Bonchev–Trinajstić information content (AvgIpc) is 2.58. The first-order valence-corrected chi connectivity index (χ1v) is 8.41.